The summed E-state index contributed by atoms with van der Waals surface area (Å²) in [6, 6.07) is 31.8. The van der Waals surface area contributed by atoms with Crippen LogP contribution in [-0.4, -0.2) is 310 Å². The molecule has 0 radical (unpaired) electrons. The lowest BCUT2D eigenvalue weighted by atomic mass is 9.85. The number of carbonyl (C=O) groups is 4. The van der Waals surface area contributed by atoms with Crippen LogP contribution >= 0.6 is 69.6 Å². The number of nitrogens with zero attached hydrogens (tertiary/aromatic N) is 3. The highest BCUT2D eigenvalue weighted by molar-refractivity contribution is 7.91. The molecule has 11 N–H and O–H groups in total. The molecule has 0 saturated carbocycles. The van der Waals surface area contributed by atoms with E-state index in [1.54, 1.807) is 54.6 Å². The van der Waals surface area contributed by atoms with Crippen molar-refractivity contribution in [2.24, 2.45) is 5.73 Å². The normalized spacial score (nSPS) is 16.7. The number of ketones is 1. The molecule has 0 aromatic heterocycles. The molecular weight excluding hydrogens is 1790 g/mol. The number of ether oxygens (including phenoxy) is 9. The lowest BCUT2D eigenvalue weighted by Crippen LogP contribution is -2.46. The molecule has 0 saturated heterocycles. The molecule has 3 heterocycles. The number of nitrogens with two attached hydrogens (primary N) is 1. The zero-order chi connectivity index (χ0) is 89.8. The molecule has 0 spiro atoms. The number of carboxylic acid groups (broad SMARTS) is 2. The van der Waals surface area contributed by atoms with Crippen molar-refractivity contribution in [3.63, 3.8) is 0 Å². The predicted octanol–water partition coefficient (Wildman–Crippen LogP) is 6.62. The first-order valence-electron chi connectivity index (χ1n) is 39.5. The molecule has 6 aromatic carbocycles. The molecule has 1 amide bonds. The second kappa shape index (κ2) is 53.3. The summed E-state index contributed by atoms with van der Waals surface area (Å²) in [5.41, 5.74) is 14.5. The highest BCUT2D eigenvalue weighted by Crippen LogP contribution is 2.42. The van der Waals surface area contributed by atoms with Gasteiger partial charge in [0.15, 0.2) is 33.9 Å². The second-order valence-corrected chi connectivity index (χ2v) is 37.1. The van der Waals surface area contributed by atoms with Crippen LogP contribution in [0.2, 0.25) is 30.1 Å². The Labute approximate surface area is 747 Å². The maximum atomic E-state index is 13.0. The minimum absolute atomic E-state index is 0.00700. The van der Waals surface area contributed by atoms with Gasteiger partial charge in [-0.1, -0.05) is 106 Å². The van der Waals surface area contributed by atoms with E-state index in [-0.39, 0.29) is 157 Å². The molecule has 41 heteroatoms. The number of sulfone groups is 1. The summed E-state index contributed by atoms with van der Waals surface area (Å²) in [5, 5.41) is 59.0. The number of sulfonamides is 2. The fourth-order valence-corrected chi connectivity index (χ4v) is 18.4. The van der Waals surface area contributed by atoms with Gasteiger partial charge in [-0.05, 0) is 157 Å². The average Bonchev–Trinajstić information content (AvgIpc) is 0.784. The van der Waals surface area contributed by atoms with Gasteiger partial charge in [-0.2, -0.15) is 0 Å². The Bertz CT molecular complexity index is 4490. The zero-order valence-corrected chi connectivity index (χ0v) is 75.4. The van der Waals surface area contributed by atoms with E-state index in [0.29, 0.717) is 89.2 Å². The van der Waals surface area contributed by atoms with Gasteiger partial charge in [0.25, 0.3) is 5.91 Å². The molecule has 6 aromatic rings. The molecule has 0 unspecified atom stereocenters. The smallest absolute Gasteiger partial charge is 0.335 e. The van der Waals surface area contributed by atoms with E-state index in [1.165, 1.54) is 0 Å². The molecule has 3 aliphatic rings. The number of benzene rings is 6. The van der Waals surface area contributed by atoms with Gasteiger partial charge >= 0.3 is 11.9 Å². The summed E-state index contributed by atoms with van der Waals surface area (Å²) in [6.45, 7) is 10.2. The van der Waals surface area contributed by atoms with Crippen LogP contribution in [0.5, 0.6) is 0 Å². The minimum atomic E-state index is -3.77. The number of likely N-dealkylation sites (N-methyl/N-ethyl adjacent to an activating group) is 3. The van der Waals surface area contributed by atoms with E-state index in [2.05, 4.69) is 29.5 Å². The first-order chi connectivity index (χ1) is 58.6. The van der Waals surface area contributed by atoms with Crippen LogP contribution in [0.15, 0.2) is 124 Å². The molecule has 3 aliphatic heterocycles. The lowest BCUT2D eigenvalue weighted by molar-refractivity contribution is -0.165. The van der Waals surface area contributed by atoms with Crippen molar-refractivity contribution in [1.82, 2.24) is 29.5 Å². The molecule has 0 fully saturated rings. The second-order valence-electron chi connectivity index (χ2n) is 28.9. The molecule has 32 nitrogen and oxygen atoms in total. The molecule has 123 heavy (non-hydrogen) atoms. The number of nitrogens with one attached hydrogen (secondary N) is 3. The van der Waals surface area contributed by atoms with Crippen LogP contribution in [0.25, 0.3) is 0 Å². The van der Waals surface area contributed by atoms with Crippen LogP contribution in [0.4, 0.5) is 0 Å². The fourth-order valence-electron chi connectivity index (χ4n) is 13.3. The molecular formula is C82H109Cl6N7O25S3. The van der Waals surface area contributed by atoms with Gasteiger partial charge in [0.2, 0.25) is 20.0 Å². The van der Waals surface area contributed by atoms with E-state index in [9.17, 15) is 54.6 Å². The van der Waals surface area contributed by atoms with E-state index in [0.717, 1.165) is 76.3 Å². The molecule has 7 atom stereocenters. The van der Waals surface area contributed by atoms with Gasteiger partial charge in [-0.25, -0.2) is 44.3 Å². The SMILES string of the molecule is CN1Cc2c(Cl)cc(Cl)cc2[C@H](c2ccc(S(=O)(=O)CCCOCCOCCOCCCC(=O)[C@H](O)[C@@H](O)C(=O)NCCOCCOCCOCCNS(=O)(=O)c3ccc([C@@H]4CN(C)Cc5c(Cl)cc(Cl)cc54)cc3)cc2)C1.CN1Cc2c(Cl)cc(Cl)cc2[C@H](c2ccc(S(=O)(=O)NCCOCCOCCOCCN)cc2)C1.O=C(O)[C@H](O)[C@@H](O)C(=O)O. The van der Waals surface area contributed by atoms with Crippen LogP contribution < -0.4 is 20.5 Å². The fraction of sp³-hybridized carbons (Fsp3) is 0.512. The number of Topliss-reactive ketones (excluding diaryl/α,β-unsaturated/α-hetero) is 1. The van der Waals surface area contributed by atoms with Crippen molar-refractivity contribution in [2.75, 3.05) is 192 Å². The largest absolute Gasteiger partial charge is 0.479 e. The highest BCUT2D eigenvalue weighted by Gasteiger charge is 2.34. The lowest BCUT2D eigenvalue weighted by Gasteiger charge is -2.33. The number of halogens is 6. The number of hydrogen-bond acceptors (Lipinski definition) is 27. The minimum Gasteiger partial charge on any atom is -0.479 e. The third-order valence-electron chi connectivity index (χ3n) is 19.5. The van der Waals surface area contributed by atoms with Crippen LogP contribution in [0, 0.1) is 0 Å². The van der Waals surface area contributed by atoms with E-state index in [1.807, 2.05) is 75.7 Å². The Morgan fingerprint density at radius 3 is 1.04 bits per heavy atom. The zero-order valence-electron chi connectivity index (χ0n) is 68.4. The van der Waals surface area contributed by atoms with Gasteiger partial charge in [-0.3, -0.25) is 9.59 Å². The molecule has 0 bridgehead atoms. The summed E-state index contributed by atoms with van der Waals surface area (Å²) >= 11 is 38.3. The Hall–Kier alpha value is -5.77. The number of hydrogen-bond donors (Lipinski definition) is 10. The Kier molecular flexibility index (Phi) is 45.2. The number of aliphatic carboxylic acids is 2. The number of aliphatic hydroxyl groups is 4. The Morgan fingerprint density at radius 2 is 0.707 bits per heavy atom. The molecule has 0 aliphatic carbocycles. The first-order valence-corrected chi connectivity index (χ1v) is 46.4. The van der Waals surface area contributed by atoms with E-state index >= 15 is 0 Å². The number of carbonyl (C=O) groups excluding carboxylic acids is 2. The number of fused-ring (bicyclic) bond motifs is 3. The van der Waals surface area contributed by atoms with Crippen molar-refractivity contribution >= 4 is 123 Å². The number of aliphatic hydroxyl groups excluding tert-OH is 4. The molecule has 9 rings (SSSR count). The van der Waals surface area contributed by atoms with Gasteiger partial charge < -0.3 is 99.0 Å². The third kappa shape index (κ3) is 34.3. The number of rotatable bonds is 51. The third-order valence-corrected chi connectivity index (χ3v) is 26.0. The summed E-state index contributed by atoms with van der Waals surface area (Å²) < 4.78 is 131. The number of amides is 1. The molecule has 682 valence electrons. The first kappa shape index (κ1) is 104. The van der Waals surface area contributed by atoms with Gasteiger partial charge in [0, 0.05) is 133 Å². The topological polar surface area (TPSA) is 447 Å². The monoisotopic (exact) mass is 1900 g/mol. The van der Waals surface area contributed by atoms with Crippen LogP contribution in [0.1, 0.15) is 87.1 Å². The van der Waals surface area contributed by atoms with Crippen LogP contribution in [-0.2, 0) is 111 Å². The average molecular weight is 1900 g/mol. The van der Waals surface area contributed by atoms with Gasteiger partial charge in [0.05, 0.1) is 126 Å². The summed E-state index contributed by atoms with van der Waals surface area (Å²) in [5.74, 6) is -5.19. The van der Waals surface area contributed by atoms with Crippen molar-refractivity contribution in [1.29, 1.82) is 0 Å². The van der Waals surface area contributed by atoms with Crippen molar-refractivity contribution in [3.05, 3.63) is 189 Å². The Balaban J connectivity index is 0.000000378. The van der Waals surface area contributed by atoms with E-state index < -0.39 is 77.9 Å². The Morgan fingerprint density at radius 1 is 0.407 bits per heavy atom. The summed E-state index contributed by atoms with van der Waals surface area (Å²) in [7, 11) is -4.86. The van der Waals surface area contributed by atoms with Crippen LogP contribution in [0.3, 0.4) is 0 Å². The standard InChI is InChI=1S/C54H70Cl4N4O14S2.C24H33Cl2N3O5S.C4H6O6/c1-61-33-45(43-29-39(55)31-49(57)47(43)35-61)37-6-10-41(11-7-37)77(67,68)28-4-17-72-21-25-75-24-20-71-16-3-5-51(63)52(64)53(65)54(66)59-14-18-73-22-26-76-27-23-74-19-15-60-78(69,70)42-12-8-38(9-13-42)46-34-62(2)36-48-44(46)30-40(56)32-50(48)58;1-29-16-22(21-14-19(25)15-24(26)23(21)17-29)18-2-4-20(5-3-18)35(30,31)28-7-9-33-11-13-34-12-10-32-8-6-27;5-1(3(7)8)2(6)4(9)10/h6-13,29-32,45-46,52-53,60,64-65H,3-5,14-28,33-36H2,1-2H3,(H,59,66);2-5,14-15,22,28H,6-13,16-17,27H2,1H3;1-2,5-6H,(H,7,8)(H,9,10)/t45-,46-,52-,53+;22-;1-,2-/m001/s1. The van der Waals surface area contributed by atoms with Crippen molar-refractivity contribution in [3.8, 4) is 0 Å². The van der Waals surface area contributed by atoms with Gasteiger partial charge in [0.1, 0.15) is 6.10 Å². The van der Waals surface area contributed by atoms with Crippen molar-refractivity contribution < 1.29 is 118 Å². The maximum Gasteiger partial charge on any atom is 0.335 e. The highest BCUT2D eigenvalue weighted by atomic mass is 35.5. The predicted molar refractivity (Wildman–Crippen MR) is 463 cm³/mol. The van der Waals surface area contributed by atoms with E-state index in [4.69, 9.17) is 138 Å². The quantitative estimate of drug-likeness (QED) is 0.0179. The van der Waals surface area contributed by atoms with Crippen molar-refractivity contribution in [2.45, 2.75) is 95.8 Å². The maximum absolute atomic E-state index is 13.0. The number of carboxylic acids is 2. The van der Waals surface area contributed by atoms with Gasteiger partial charge in [-0.15, -0.1) is 0 Å². The summed E-state index contributed by atoms with van der Waals surface area (Å²) in [4.78, 5) is 51.4. The summed E-state index contributed by atoms with van der Waals surface area (Å²) in [6.07, 6.45) is -7.94.